The summed E-state index contributed by atoms with van der Waals surface area (Å²) in [6.45, 7) is 1.38. The minimum Gasteiger partial charge on any atom is -0.476 e. The molecule has 1 amide bonds. The summed E-state index contributed by atoms with van der Waals surface area (Å²) in [4.78, 5) is 25.4. The van der Waals surface area contributed by atoms with Gasteiger partial charge in [0.1, 0.15) is 0 Å². The van der Waals surface area contributed by atoms with Crippen LogP contribution in [0.4, 0.5) is 0 Å². The first kappa shape index (κ1) is 14.1. The van der Waals surface area contributed by atoms with Gasteiger partial charge >= 0.3 is 5.97 Å². The number of carbonyl (C=O) groups excluding carboxylic acids is 1. The van der Waals surface area contributed by atoms with Gasteiger partial charge in [0, 0.05) is 20.6 Å². The molecule has 0 fully saturated rings. The van der Waals surface area contributed by atoms with E-state index < -0.39 is 5.97 Å². The lowest BCUT2D eigenvalue weighted by molar-refractivity contribution is -0.129. The van der Waals surface area contributed by atoms with E-state index in [1.54, 1.807) is 14.1 Å². The second-order valence-corrected chi connectivity index (χ2v) is 4.20. The Balaban J connectivity index is 2.40. The predicted molar refractivity (Wildman–Crippen MR) is 63.2 cm³/mol. The molecule has 1 N–H and O–H groups in total. The molecule has 0 aromatic carbocycles. The van der Waals surface area contributed by atoms with Gasteiger partial charge in [-0.2, -0.15) is 0 Å². The summed E-state index contributed by atoms with van der Waals surface area (Å²) in [7, 11) is 5.22. The molecule has 0 atom stereocenters. The smallest absolute Gasteiger partial charge is 0.358 e. The third-order valence-corrected chi connectivity index (χ3v) is 2.37. The molecule has 0 aliphatic heterocycles. The summed E-state index contributed by atoms with van der Waals surface area (Å²) in [5.41, 5.74) is -0.0815. The molecule has 1 aromatic heterocycles. The fourth-order valence-corrected chi connectivity index (χ4v) is 1.23. The first-order chi connectivity index (χ1) is 8.40. The first-order valence-corrected chi connectivity index (χ1v) is 5.42. The molecule has 1 heterocycles. The Morgan fingerprint density at radius 3 is 2.56 bits per heavy atom. The number of aromatic carboxylic acids is 1. The SMILES string of the molecule is CN(CCn1cc(C(=O)O)nn1)CC(=O)N(C)C. The number of rotatable bonds is 6. The average Bonchev–Trinajstić information content (AvgIpc) is 2.74. The molecule has 0 saturated heterocycles. The number of carboxylic acid groups (broad SMARTS) is 1. The van der Waals surface area contributed by atoms with Crippen LogP contribution in [0, 0.1) is 0 Å². The van der Waals surface area contributed by atoms with Gasteiger partial charge in [-0.05, 0) is 7.05 Å². The molecule has 0 unspecified atom stereocenters. The highest BCUT2D eigenvalue weighted by Gasteiger charge is 2.10. The van der Waals surface area contributed by atoms with Crippen molar-refractivity contribution >= 4 is 11.9 Å². The molecular weight excluding hydrogens is 238 g/mol. The summed E-state index contributed by atoms with van der Waals surface area (Å²) in [5, 5.41) is 15.9. The van der Waals surface area contributed by atoms with E-state index in [-0.39, 0.29) is 11.6 Å². The first-order valence-electron chi connectivity index (χ1n) is 5.42. The standard InChI is InChI=1S/C10H17N5O3/c1-13(2)9(16)7-14(3)4-5-15-6-8(10(17)18)11-12-15/h6H,4-5,7H2,1-3H3,(H,17,18). The molecule has 0 bridgehead atoms. The molecule has 0 radical (unpaired) electrons. The number of aromatic nitrogens is 3. The zero-order valence-corrected chi connectivity index (χ0v) is 10.7. The second-order valence-electron chi connectivity index (χ2n) is 4.20. The lowest BCUT2D eigenvalue weighted by Crippen LogP contribution is -2.35. The number of carboxylic acids is 1. The number of likely N-dealkylation sites (N-methyl/N-ethyl adjacent to an activating group) is 2. The van der Waals surface area contributed by atoms with Crippen molar-refractivity contribution in [2.45, 2.75) is 6.54 Å². The number of hydrogen-bond donors (Lipinski definition) is 1. The maximum absolute atomic E-state index is 11.4. The molecule has 0 aliphatic rings. The van der Waals surface area contributed by atoms with Gasteiger partial charge in [0.2, 0.25) is 5.91 Å². The van der Waals surface area contributed by atoms with Crippen molar-refractivity contribution in [3.63, 3.8) is 0 Å². The summed E-state index contributed by atoms with van der Waals surface area (Å²) in [5.74, 6) is -1.08. The van der Waals surface area contributed by atoms with Crippen LogP contribution in [0.2, 0.25) is 0 Å². The Bertz CT molecular complexity index is 429. The van der Waals surface area contributed by atoms with Crippen LogP contribution in [0.5, 0.6) is 0 Å². The highest BCUT2D eigenvalue weighted by Crippen LogP contribution is 1.94. The highest BCUT2D eigenvalue weighted by molar-refractivity contribution is 5.84. The topological polar surface area (TPSA) is 91.6 Å². The normalized spacial score (nSPS) is 10.7. The molecular formula is C10H17N5O3. The van der Waals surface area contributed by atoms with Gasteiger partial charge in [-0.15, -0.1) is 5.10 Å². The number of amides is 1. The fraction of sp³-hybridized carbons (Fsp3) is 0.600. The van der Waals surface area contributed by atoms with Crippen molar-refractivity contribution in [3.05, 3.63) is 11.9 Å². The Labute approximate surface area is 105 Å². The van der Waals surface area contributed by atoms with E-state index in [1.807, 2.05) is 11.9 Å². The fourth-order valence-electron chi connectivity index (χ4n) is 1.23. The monoisotopic (exact) mass is 255 g/mol. The van der Waals surface area contributed by atoms with Crippen molar-refractivity contribution in [1.82, 2.24) is 24.8 Å². The van der Waals surface area contributed by atoms with Crippen LogP contribution in [-0.2, 0) is 11.3 Å². The van der Waals surface area contributed by atoms with Gasteiger partial charge < -0.3 is 10.0 Å². The Morgan fingerprint density at radius 2 is 2.06 bits per heavy atom. The van der Waals surface area contributed by atoms with E-state index in [9.17, 15) is 9.59 Å². The zero-order valence-electron chi connectivity index (χ0n) is 10.7. The maximum Gasteiger partial charge on any atom is 0.358 e. The summed E-state index contributed by atoms with van der Waals surface area (Å²) >= 11 is 0. The lowest BCUT2D eigenvalue weighted by atomic mass is 10.4. The summed E-state index contributed by atoms with van der Waals surface area (Å²) < 4.78 is 1.44. The molecule has 0 spiro atoms. The molecule has 1 rings (SSSR count). The van der Waals surface area contributed by atoms with Gasteiger partial charge in [-0.1, -0.05) is 5.21 Å². The molecule has 0 aliphatic carbocycles. The van der Waals surface area contributed by atoms with Crippen LogP contribution in [0.25, 0.3) is 0 Å². The Hall–Kier alpha value is -1.96. The minimum absolute atomic E-state index is 0.0160. The van der Waals surface area contributed by atoms with E-state index in [4.69, 9.17) is 5.11 Å². The second kappa shape index (κ2) is 6.10. The third-order valence-electron chi connectivity index (χ3n) is 2.37. The molecule has 0 saturated carbocycles. The molecule has 18 heavy (non-hydrogen) atoms. The molecule has 8 heteroatoms. The van der Waals surface area contributed by atoms with E-state index in [1.165, 1.54) is 15.8 Å². The van der Waals surface area contributed by atoms with Crippen LogP contribution in [-0.4, -0.2) is 76.0 Å². The van der Waals surface area contributed by atoms with Gasteiger partial charge in [0.05, 0.1) is 19.3 Å². The number of nitrogens with zero attached hydrogens (tertiary/aromatic N) is 5. The van der Waals surface area contributed by atoms with Crippen LogP contribution >= 0.6 is 0 Å². The zero-order chi connectivity index (χ0) is 13.7. The van der Waals surface area contributed by atoms with E-state index in [0.29, 0.717) is 19.6 Å². The van der Waals surface area contributed by atoms with Crippen molar-refractivity contribution in [2.24, 2.45) is 0 Å². The van der Waals surface area contributed by atoms with Crippen molar-refractivity contribution in [1.29, 1.82) is 0 Å². The predicted octanol–water partition coefficient (Wildman–Crippen LogP) is -1.00. The van der Waals surface area contributed by atoms with Crippen LogP contribution in [0.1, 0.15) is 10.5 Å². The number of carbonyl (C=O) groups is 2. The van der Waals surface area contributed by atoms with Crippen LogP contribution in [0.3, 0.4) is 0 Å². The van der Waals surface area contributed by atoms with Crippen molar-refractivity contribution < 1.29 is 14.7 Å². The quantitative estimate of drug-likeness (QED) is 0.700. The van der Waals surface area contributed by atoms with Gasteiger partial charge in [-0.3, -0.25) is 14.4 Å². The van der Waals surface area contributed by atoms with E-state index >= 15 is 0 Å². The largest absolute Gasteiger partial charge is 0.476 e. The van der Waals surface area contributed by atoms with E-state index in [2.05, 4.69) is 10.3 Å². The average molecular weight is 255 g/mol. The minimum atomic E-state index is -1.10. The maximum atomic E-state index is 11.4. The van der Waals surface area contributed by atoms with Gasteiger partial charge in [0.25, 0.3) is 0 Å². The Morgan fingerprint density at radius 1 is 1.39 bits per heavy atom. The molecule has 8 nitrogen and oxygen atoms in total. The third kappa shape index (κ3) is 4.13. The molecule has 1 aromatic rings. The Kier molecular flexibility index (Phi) is 4.78. The van der Waals surface area contributed by atoms with Gasteiger partial charge in [-0.25, -0.2) is 4.79 Å². The highest BCUT2D eigenvalue weighted by atomic mass is 16.4. The molecule has 100 valence electrons. The lowest BCUT2D eigenvalue weighted by Gasteiger charge is -2.18. The number of hydrogen-bond acceptors (Lipinski definition) is 5. The van der Waals surface area contributed by atoms with Gasteiger partial charge in [0.15, 0.2) is 5.69 Å². The summed E-state index contributed by atoms with van der Waals surface area (Å²) in [6.07, 6.45) is 1.37. The summed E-state index contributed by atoms with van der Waals surface area (Å²) in [6, 6.07) is 0. The van der Waals surface area contributed by atoms with Crippen LogP contribution < -0.4 is 0 Å². The van der Waals surface area contributed by atoms with Crippen molar-refractivity contribution in [3.8, 4) is 0 Å². The van der Waals surface area contributed by atoms with Crippen LogP contribution in [0.15, 0.2) is 6.20 Å². The van der Waals surface area contributed by atoms with Crippen molar-refractivity contribution in [2.75, 3.05) is 34.2 Å². The van der Waals surface area contributed by atoms with E-state index in [0.717, 1.165) is 0 Å².